The number of carbonyl (C=O) groups is 2. The number of phenolic OH excluding ortho intramolecular Hbond substituents is 1. The van der Waals surface area contributed by atoms with Crippen LogP contribution in [0, 0.1) is 24.5 Å². The molecule has 9 heteroatoms. The Balaban J connectivity index is 2.04. The summed E-state index contributed by atoms with van der Waals surface area (Å²) in [6.45, 7) is 1.49. The lowest BCUT2D eigenvalue weighted by atomic mass is 9.83. The summed E-state index contributed by atoms with van der Waals surface area (Å²) in [6, 6.07) is 5.01. The summed E-state index contributed by atoms with van der Waals surface area (Å²) < 4.78 is 30.5. The van der Waals surface area contributed by atoms with Gasteiger partial charge in [-0.25, -0.2) is 8.78 Å². The summed E-state index contributed by atoms with van der Waals surface area (Å²) in [6.07, 6.45) is 2.96. The molecule has 1 aliphatic rings. The molecule has 1 fully saturated rings. The Kier molecular flexibility index (Phi) is 5.90. The van der Waals surface area contributed by atoms with Gasteiger partial charge in [-0.05, 0) is 49.4 Å². The third kappa shape index (κ3) is 3.53. The predicted octanol–water partition coefficient (Wildman–Crippen LogP) is 6.29. The van der Waals surface area contributed by atoms with Crippen LogP contribution in [-0.4, -0.2) is 26.7 Å². The highest BCUT2D eigenvalue weighted by molar-refractivity contribution is 6.42. The van der Waals surface area contributed by atoms with Gasteiger partial charge in [0.2, 0.25) is 0 Å². The number of benzene rings is 2. The van der Waals surface area contributed by atoms with E-state index in [1.807, 2.05) is 0 Å². The number of hydrogen-bond acceptors (Lipinski definition) is 3. The zero-order valence-electron chi connectivity index (χ0n) is 17.0. The lowest BCUT2D eigenvalue weighted by Crippen LogP contribution is -2.21. The van der Waals surface area contributed by atoms with Gasteiger partial charge in [-0.1, -0.05) is 36.0 Å². The van der Waals surface area contributed by atoms with Crippen LogP contribution in [0.25, 0.3) is 10.9 Å². The number of aliphatic carboxylic acids is 1. The first-order chi connectivity index (χ1) is 15.1. The molecular weight excluding hydrogens is 463 g/mol. The second-order valence-corrected chi connectivity index (χ2v) is 8.86. The molecule has 2 aromatic carbocycles. The summed E-state index contributed by atoms with van der Waals surface area (Å²) in [7, 11) is 0. The Bertz CT molecular complexity index is 1270. The van der Waals surface area contributed by atoms with E-state index in [-0.39, 0.29) is 43.7 Å². The normalized spacial score (nSPS) is 15.4. The number of halogens is 4. The quantitative estimate of drug-likeness (QED) is 0.458. The van der Waals surface area contributed by atoms with Crippen molar-refractivity contribution < 1.29 is 28.6 Å². The Morgan fingerprint density at radius 2 is 1.78 bits per heavy atom. The van der Waals surface area contributed by atoms with Crippen LogP contribution in [0.3, 0.4) is 0 Å². The van der Waals surface area contributed by atoms with Crippen LogP contribution in [0.1, 0.15) is 53.2 Å². The van der Waals surface area contributed by atoms with Crippen LogP contribution in [0.5, 0.6) is 5.75 Å². The molecule has 1 saturated carbocycles. The molecule has 0 amide bonds. The summed E-state index contributed by atoms with van der Waals surface area (Å²) >= 11 is 12.0. The summed E-state index contributed by atoms with van der Waals surface area (Å²) in [5.41, 5.74) is 0.179. The Morgan fingerprint density at radius 3 is 2.38 bits per heavy atom. The van der Waals surface area contributed by atoms with Gasteiger partial charge in [0.05, 0.1) is 21.5 Å². The molecule has 1 unspecified atom stereocenters. The zero-order valence-corrected chi connectivity index (χ0v) is 18.5. The SMILES string of the molecule is Cc1c(C(C(=O)O)C2CCCC2)c2c(F)c(O)c(F)cc2n1C(=O)c1ccc(Cl)c(Cl)c1. The standard InChI is InChI=1S/C23H19Cl2F2NO4/c1-10-17(18(23(31)32)11-4-2-3-5-11)19-16(9-15(26)21(29)20(19)27)28(10)22(30)12-6-7-13(24)14(25)8-12/h6-9,11,18,29H,2-5H2,1H3,(H,31,32). The largest absolute Gasteiger partial charge is 0.503 e. The molecule has 1 aromatic heterocycles. The van der Waals surface area contributed by atoms with Gasteiger partial charge >= 0.3 is 5.97 Å². The number of rotatable bonds is 4. The maximum absolute atomic E-state index is 15.2. The third-order valence-corrected chi connectivity index (χ3v) is 6.97. The highest BCUT2D eigenvalue weighted by atomic mass is 35.5. The van der Waals surface area contributed by atoms with E-state index in [9.17, 15) is 24.2 Å². The molecule has 0 aliphatic heterocycles. The van der Waals surface area contributed by atoms with Crippen molar-refractivity contribution >= 4 is 46.0 Å². The monoisotopic (exact) mass is 481 g/mol. The van der Waals surface area contributed by atoms with Gasteiger partial charge in [0.25, 0.3) is 5.91 Å². The summed E-state index contributed by atoms with van der Waals surface area (Å²) in [5, 5.41) is 20.0. The van der Waals surface area contributed by atoms with Crippen molar-refractivity contribution in [2.24, 2.45) is 5.92 Å². The van der Waals surface area contributed by atoms with Gasteiger partial charge in [-0.15, -0.1) is 0 Å². The summed E-state index contributed by atoms with van der Waals surface area (Å²) in [4.78, 5) is 25.7. The highest BCUT2D eigenvalue weighted by Gasteiger charge is 2.38. The van der Waals surface area contributed by atoms with Crippen molar-refractivity contribution in [1.29, 1.82) is 0 Å². The fourth-order valence-electron chi connectivity index (χ4n) is 4.76. The predicted molar refractivity (Wildman–Crippen MR) is 117 cm³/mol. The number of fused-ring (bicyclic) bond motifs is 1. The van der Waals surface area contributed by atoms with Crippen molar-refractivity contribution in [3.63, 3.8) is 0 Å². The van der Waals surface area contributed by atoms with E-state index in [1.165, 1.54) is 25.1 Å². The molecule has 168 valence electrons. The van der Waals surface area contributed by atoms with E-state index < -0.39 is 35.2 Å². The van der Waals surface area contributed by atoms with Crippen molar-refractivity contribution in [2.45, 2.75) is 38.5 Å². The number of carbonyl (C=O) groups excluding carboxylic acids is 1. The number of aromatic nitrogens is 1. The smallest absolute Gasteiger partial charge is 0.311 e. The molecule has 0 bridgehead atoms. The van der Waals surface area contributed by atoms with Crippen LogP contribution >= 0.6 is 23.2 Å². The molecule has 5 nitrogen and oxygen atoms in total. The molecule has 32 heavy (non-hydrogen) atoms. The fraction of sp³-hybridized carbons (Fsp3) is 0.304. The molecular formula is C23H19Cl2F2NO4. The Labute approximate surface area is 192 Å². The van der Waals surface area contributed by atoms with Crippen molar-refractivity contribution in [2.75, 3.05) is 0 Å². The van der Waals surface area contributed by atoms with Crippen LogP contribution in [-0.2, 0) is 4.79 Å². The van der Waals surface area contributed by atoms with Gasteiger partial charge in [0, 0.05) is 22.7 Å². The Hall–Kier alpha value is -2.64. The first-order valence-electron chi connectivity index (χ1n) is 10.1. The van der Waals surface area contributed by atoms with Crippen molar-refractivity contribution in [3.8, 4) is 5.75 Å². The van der Waals surface area contributed by atoms with E-state index in [2.05, 4.69) is 0 Å². The summed E-state index contributed by atoms with van der Waals surface area (Å²) in [5.74, 6) is -6.95. The van der Waals surface area contributed by atoms with Crippen LogP contribution in [0.2, 0.25) is 10.0 Å². The number of aromatic hydroxyl groups is 1. The molecule has 0 saturated heterocycles. The third-order valence-electron chi connectivity index (χ3n) is 6.23. The van der Waals surface area contributed by atoms with Crippen LogP contribution in [0.15, 0.2) is 24.3 Å². The van der Waals surface area contributed by atoms with E-state index in [0.29, 0.717) is 12.8 Å². The molecule has 1 aliphatic carbocycles. The molecule has 1 atom stereocenters. The average Bonchev–Trinajstić information content (AvgIpc) is 3.35. The van der Waals surface area contributed by atoms with Gasteiger partial charge in [0.15, 0.2) is 17.4 Å². The molecule has 2 N–H and O–H groups in total. The van der Waals surface area contributed by atoms with Crippen molar-refractivity contribution in [1.82, 2.24) is 4.57 Å². The first-order valence-corrected chi connectivity index (χ1v) is 10.8. The molecule has 0 spiro atoms. The second-order valence-electron chi connectivity index (χ2n) is 8.04. The number of phenols is 1. The fourth-order valence-corrected chi connectivity index (χ4v) is 5.06. The topological polar surface area (TPSA) is 79.5 Å². The van der Waals surface area contributed by atoms with Crippen LogP contribution in [0.4, 0.5) is 8.78 Å². The van der Waals surface area contributed by atoms with Gasteiger partial charge < -0.3 is 10.2 Å². The number of carboxylic acids is 1. The molecule has 1 heterocycles. The number of hydrogen-bond donors (Lipinski definition) is 2. The van der Waals surface area contributed by atoms with Gasteiger partial charge in [-0.2, -0.15) is 0 Å². The minimum atomic E-state index is -1.29. The highest BCUT2D eigenvalue weighted by Crippen LogP contribution is 2.45. The van der Waals surface area contributed by atoms with E-state index >= 15 is 4.39 Å². The number of carboxylic acid groups (broad SMARTS) is 1. The van der Waals surface area contributed by atoms with Crippen LogP contribution < -0.4 is 0 Å². The van der Waals surface area contributed by atoms with E-state index in [1.54, 1.807) is 0 Å². The second kappa shape index (κ2) is 8.37. The number of nitrogens with zero attached hydrogens (tertiary/aromatic N) is 1. The maximum atomic E-state index is 15.2. The molecule has 3 aromatic rings. The lowest BCUT2D eigenvalue weighted by Gasteiger charge is -2.20. The minimum absolute atomic E-state index is 0.0700. The maximum Gasteiger partial charge on any atom is 0.311 e. The minimum Gasteiger partial charge on any atom is -0.503 e. The van der Waals surface area contributed by atoms with E-state index in [0.717, 1.165) is 23.5 Å². The zero-order chi connectivity index (χ0) is 23.3. The average molecular weight is 482 g/mol. The van der Waals surface area contributed by atoms with Gasteiger partial charge in [-0.3, -0.25) is 14.2 Å². The molecule has 0 radical (unpaired) electrons. The van der Waals surface area contributed by atoms with Crippen molar-refractivity contribution in [3.05, 3.63) is 62.8 Å². The Morgan fingerprint density at radius 1 is 1.12 bits per heavy atom. The molecule has 4 rings (SSSR count). The first kappa shape index (κ1) is 22.6. The lowest BCUT2D eigenvalue weighted by molar-refractivity contribution is -0.140. The van der Waals surface area contributed by atoms with Gasteiger partial charge in [0.1, 0.15) is 0 Å². The van der Waals surface area contributed by atoms with E-state index in [4.69, 9.17) is 23.2 Å².